The minimum absolute atomic E-state index is 0.115. The van der Waals surface area contributed by atoms with Crippen LogP contribution in [0.4, 0.5) is 0 Å². The van der Waals surface area contributed by atoms with Crippen LogP contribution < -0.4 is 0 Å². The number of aliphatic hydroxyl groups excluding tert-OH is 1. The molecule has 2 aliphatic heterocycles. The molecule has 1 N–H and O–H groups in total. The number of hydrogen-bond donors (Lipinski definition) is 1. The molecule has 0 aromatic rings. The van der Waals surface area contributed by atoms with Gasteiger partial charge in [-0.05, 0) is 44.9 Å². The summed E-state index contributed by atoms with van der Waals surface area (Å²) in [6.07, 6.45) is 8.02. The molecule has 3 aliphatic rings. The van der Waals surface area contributed by atoms with Crippen molar-refractivity contribution in [1.82, 2.24) is 4.90 Å². The lowest BCUT2D eigenvalue weighted by Crippen LogP contribution is -2.54. The Bertz CT molecular complexity index is 307. The first kappa shape index (κ1) is 14.2. The van der Waals surface area contributed by atoms with E-state index in [9.17, 15) is 5.11 Å². The molecule has 0 aromatic heterocycles. The molecule has 1 aliphatic carbocycles. The average molecular weight is 285 g/mol. The Morgan fingerprint density at radius 1 is 1.26 bits per heavy atom. The van der Waals surface area contributed by atoms with E-state index in [4.69, 9.17) is 4.74 Å². The van der Waals surface area contributed by atoms with E-state index in [1.165, 1.54) is 37.2 Å². The van der Waals surface area contributed by atoms with Crippen LogP contribution in [-0.4, -0.2) is 59.0 Å². The van der Waals surface area contributed by atoms with E-state index in [1.54, 1.807) is 0 Å². The lowest BCUT2D eigenvalue weighted by Gasteiger charge is -2.46. The molecule has 4 atom stereocenters. The fourth-order valence-corrected chi connectivity index (χ4v) is 5.43. The van der Waals surface area contributed by atoms with E-state index < -0.39 is 0 Å². The van der Waals surface area contributed by atoms with Crippen molar-refractivity contribution in [2.45, 2.75) is 68.7 Å². The summed E-state index contributed by atoms with van der Waals surface area (Å²) in [5.41, 5.74) is 0.154. The highest BCUT2D eigenvalue weighted by Crippen LogP contribution is 2.40. The Morgan fingerprint density at radius 3 is 2.84 bits per heavy atom. The van der Waals surface area contributed by atoms with Crippen LogP contribution in [0.3, 0.4) is 0 Å². The van der Waals surface area contributed by atoms with Crippen molar-refractivity contribution in [3.05, 3.63) is 0 Å². The number of rotatable bonds is 2. The number of nitrogens with zero attached hydrogens (tertiary/aromatic N) is 1. The zero-order chi connectivity index (χ0) is 13.3. The highest BCUT2D eigenvalue weighted by atomic mass is 32.2. The second kappa shape index (κ2) is 5.92. The molecule has 3 nitrogen and oxygen atoms in total. The van der Waals surface area contributed by atoms with Gasteiger partial charge in [-0.15, -0.1) is 0 Å². The summed E-state index contributed by atoms with van der Waals surface area (Å²) in [7, 11) is 2.23. The van der Waals surface area contributed by atoms with Gasteiger partial charge in [0.1, 0.15) is 0 Å². The topological polar surface area (TPSA) is 32.7 Å². The number of thioether (sulfide) groups is 1. The smallest absolute Gasteiger partial charge is 0.0795 e. The van der Waals surface area contributed by atoms with Gasteiger partial charge in [-0.2, -0.15) is 11.8 Å². The molecular weight excluding hydrogens is 258 g/mol. The zero-order valence-corrected chi connectivity index (χ0v) is 12.8. The van der Waals surface area contributed by atoms with E-state index >= 15 is 0 Å². The third-order valence-electron chi connectivity index (χ3n) is 5.33. The van der Waals surface area contributed by atoms with Gasteiger partial charge in [0.2, 0.25) is 0 Å². The molecule has 1 saturated carbocycles. The number of aliphatic hydroxyl groups is 1. The zero-order valence-electron chi connectivity index (χ0n) is 12.0. The van der Waals surface area contributed by atoms with E-state index in [-0.39, 0.29) is 11.7 Å². The molecule has 3 rings (SSSR count). The molecule has 0 bridgehead atoms. The molecule has 0 radical (unpaired) electrons. The van der Waals surface area contributed by atoms with Gasteiger partial charge in [0.25, 0.3) is 0 Å². The first-order chi connectivity index (χ1) is 9.20. The summed E-state index contributed by atoms with van der Waals surface area (Å²) in [5.74, 6) is 2.42. The van der Waals surface area contributed by atoms with E-state index in [0.29, 0.717) is 12.1 Å². The van der Waals surface area contributed by atoms with Crippen LogP contribution >= 0.6 is 11.8 Å². The molecule has 3 fully saturated rings. The van der Waals surface area contributed by atoms with Crippen LogP contribution in [0, 0.1) is 0 Å². The van der Waals surface area contributed by atoms with Gasteiger partial charge < -0.3 is 9.84 Å². The highest BCUT2D eigenvalue weighted by Gasteiger charge is 2.43. The largest absolute Gasteiger partial charge is 0.391 e. The Kier molecular flexibility index (Phi) is 4.42. The maximum atomic E-state index is 10.2. The van der Waals surface area contributed by atoms with Gasteiger partial charge in [-0.3, -0.25) is 4.90 Å². The average Bonchev–Trinajstić information content (AvgIpc) is 2.86. The van der Waals surface area contributed by atoms with Gasteiger partial charge in [0.15, 0.2) is 0 Å². The fraction of sp³-hybridized carbons (Fsp3) is 1.00. The lowest BCUT2D eigenvalue weighted by molar-refractivity contribution is -0.101. The van der Waals surface area contributed by atoms with Crippen LogP contribution in [0.1, 0.15) is 44.9 Å². The summed E-state index contributed by atoms with van der Waals surface area (Å²) >= 11 is 2.04. The second-order valence-electron chi connectivity index (χ2n) is 6.57. The van der Waals surface area contributed by atoms with Crippen molar-refractivity contribution in [3.8, 4) is 0 Å². The molecule has 110 valence electrons. The standard InChI is InChI=1S/C15H27NO2S/c1-16(13-4-2-3-5-14(13)17)12-6-8-18-15(10-12)7-9-19-11-15/h12-14,17H,2-11H2,1H3. The first-order valence-electron chi connectivity index (χ1n) is 7.82. The predicted molar refractivity (Wildman–Crippen MR) is 79.7 cm³/mol. The summed E-state index contributed by atoms with van der Waals surface area (Å²) < 4.78 is 6.11. The molecule has 0 amide bonds. The third-order valence-corrected chi connectivity index (χ3v) is 6.55. The number of hydrogen-bond acceptors (Lipinski definition) is 4. The Balaban J connectivity index is 1.64. The quantitative estimate of drug-likeness (QED) is 0.844. The SMILES string of the molecule is CN(C1CCOC2(CCSC2)C1)C1CCCCC1O. The molecule has 2 saturated heterocycles. The molecular formula is C15H27NO2S. The monoisotopic (exact) mass is 285 g/mol. The molecule has 19 heavy (non-hydrogen) atoms. The van der Waals surface area contributed by atoms with Crippen LogP contribution in [0.25, 0.3) is 0 Å². The summed E-state index contributed by atoms with van der Waals surface area (Å²) in [6, 6.07) is 0.980. The predicted octanol–water partition coefficient (Wildman–Crippen LogP) is 2.28. The normalized spacial score (nSPS) is 44.1. The van der Waals surface area contributed by atoms with Crippen molar-refractivity contribution >= 4 is 11.8 Å². The summed E-state index contributed by atoms with van der Waals surface area (Å²) in [4.78, 5) is 2.48. The summed E-state index contributed by atoms with van der Waals surface area (Å²) in [6.45, 7) is 0.901. The van der Waals surface area contributed by atoms with Crippen LogP contribution in [0.15, 0.2) is 0 Å². The van der Waals surface area contributed by atoms with E-state index in [1.807, 2.05) is 11.8 Å². The van der Waals surface area contributed by atoms with Gasteiger partial charge in [-0.25, -0.2) is 0 Å². The maximum Gasteiger partial charge on any atom is 0.0795 e. The molecule has 2 heterocycles. The minimum atomic E-state index is -0.115. The molecule has 1 spiro atoms. The van der Waals surface area contributed by atoms with Gasteiger partial charge in [0.05, 0.1) is 11.7 Å². The van der Waals surface area contributed by atoms with Gasteiger partial charge >= 0.3 is 0 Å². The van der Waals surface area contributed by atoms with Crippen molar-refractivity contribution < 1.29 is 9.84 Å². The van der Waals surface area contributed by atoms with Crippen molar-refractivity contribution in [1.29, 1.82) is 0 Å². The van der Waals surface area contributed by atoms with Crippen molar-refractivity contribution in [2.24, 2.45) is 0 Å². The Hall–Kier alpha value is 0.230. The summed E-state index contributed by atoms with van der Waals surface area (Å²) in [5, 5.41) is 10.2. The first-order valence-corrected chi connectivity index (χ1v) is 8.97. The van der Waals surface area contributed by atoms with Crippen LogP contribution in [-0.2, 0) is 4.74 Å². The van der Waals surface area contributed by atoms with Gasteiger partial charge in [-0.1, -0.05) is 12.8 Å². The van der Waals surface area contributed by atoms with E-state index in [0.717, 1.165) is 25.9 Å². The Morgan fingerprint density at radius 2 is 2.11 bits per heavy atom. The van der Waals surface area contributed by atoms with Crippen molar-refractivity contribution in [3.63, 3.8) is 0 Å². The maximum absolute atomic E-state index is 10.2. The Labute approximate surface area is 121 Å². The van der Waals surface area contributed by atoms with Crippen molar-refractivity contribution in [2.75, 3.05) is 25.2 Å². The highest BCUT2D eigenvalue weighted by molar-refractivity contribution is 7.99. The molecule has 0 aromatic carbocycles. The van der Waals surface area contributed by atoms with E-state index in [2.05, 4.69) is 11.9 Å². The minimum Gasteiger partial charge on any atom is -0.391 e. The fourth-order valence-electron chi connectivity index (χ4n) is 4.05. The third kappa shape index (κ3) is 2.97. The number of likely N-dealkylation sites (N-methyl/N-ethyl adjacent to an activating group) is 1. The number of ether oxygens (including phenoxy) is 1. The van der Waals surface area contributed by atoms with Crippen LogP contribution in [0.5, 0.6) is 0 Å². The van der Waals surface area contributed by atoms with Gasteiger partial charge in [0, 0.05) is 24.4 Å². The second-order valence-corrected chi connectivity index (χ2v) is 7.67. The molecule has 4 unspecified atom stereocenters. The van der Waals surface area contributed by atoms with Crippen LogP contribution in [0.2, 0.25) is 0 Å². The lowest BCUT2D eigenvalue weighted by atomic mass is 9.85. The molecule has 4 heteroatoms.